The van der Waals surface area contributed by atoms with Crippen molar-refractivity contribution in [3.05, 3.63) is 53.4 Å². The molecule has 2 aromatic carbocycles. The summed E-state index contributed by atoms with van der Waals surface area (Å²) < 4.78 is 71.1. The number of nitrogens with zero attached hydrogens (tertiary/aromatic N) is 2. The zero-order valence-corrected chi connectivity index (χ0v) is 22.0. The summed E-state index contributed by atoms with van der Waals surface area (Å²) in [5.74, 6) is -8.14. The molecule has 2 saturated heterocycles. The number of carbonyl (C=O) groups is 3. The molecule has 2 amide bonds. The van der Waals surface area contributed by atoms with Gasteiger partial charge in [0.25, 0.3) is 11.8 Å². The Bertz CT molecular complexity index is 1590. The lowest BCUT2D eigenvalue weighted by atomic mass is 9.90. The number of hydrogen-bond acceptors (Lipinski definition) is 12. The average Bonchev–Trinajstić information content (AvgIpc) is 3.47. The van der Waals surface area contributed by atoms with E-state index in [2.05, 4.69) is 0 Å². The van der Waals surface area contributed by atoms with Crippen LogP contribution in [0.15, 0.2) is 58.3 Å². The normalized spacial score (nSPS) is 26.6. The topological polar surface area (TPSA) is 180 Å². The van der Waals surface area contributed by atoms with E-state index in [1.165, 1.54) is 50.6 Å². The van der Waals surface area contributed by atoms with Crippen LogP contribution in [-0.4, -0.2) is 71.2 Å². The highest BCUT2D eigenvalue weighted by Gasteiger charge is 2.73. The number of hydrogen-bond donors (Lipinski definition) is 0. The summed E-state index contributed by atoms with van der Waals surface area (Å²) in [5, 5.41) is 0.0143. The lowest BCUT2D eigenvalue weighted by Crippen LogP contribution is -2.39. The van der Waals surface area contributed by atoms with Crippen molar-refractivity contribution < 1.29 is 53.9 Å². The van der Waals surface area contributed by atoms with Crippen LogP contribution in [0.1, 0.15) is 0 Å². The summed E-state index contributed by atoms with van der Waals surface area (Å²) in [6, 6.07) is 10.0. The van der Waals surface area contributed by atoms with Crippen LogP contribution in [0.4, 0.5) is 0 Å². The minimum atomic E-state index is -4.65. The second-order valence-electron chi connectivity index (χ2n) is 8.99. The lowest BCUT2D eigenvalue weighted by Gasteiger charge is -2.17. The Morgan fingerprint density at radius 3 is 1.79 bits per heavy atom. The Balaban J connectivity index is 1.37. The predicted molar refractivity (Wildman–Crippen MR) is 126 cm³/mol. The van der Waals surface area contributed by atoms with Crippen LogP contribution >= 0.6 is 0 Å². The number of carbonyl (C=O) groups excluding carboxylic acids is 3. The maximum Gasteiger partial charge on any atom is 0.329 e. The van der Waals surface area contributed by atoms with Crippen LogP contribution in [0.3, 0.4) is 0 Å². The van der Waals surface area contributed by atoms with Gasteiger partial charge >= 0.3 is 26.5 Å². The molecule has 2 aliphatic heterocycles. The summed E-state index contributed by atoms with van der Waals surface area (Å²) in [6.07, 6.45) is -1.82. The van der Waals surface area contributed by atoms with Crippen LogP contribution in [0.5, 0.6) is 11.5 Å². The third-order valence-electron chi connectivity index (χ3n) is 6.94. The van der Waals surface area contributed by atoms with Crippen LogP contribution in [0.25, 0.3) is 0 Å². The van der Waals surface area contributed by atoms with Crippen molar-refractivity contribution >= 4 is 37.8 Å². The average molecular weight is 582 g/mol. The number of methoxy groups -OCH3 is 2. The number of Topliss-reactive ketones (excluding diaryl/α,β-unsaturated/α-hetero) is 1. The van der Waals surface area contributed by atoms with E-state index in [1.807, 2.05) is 0 Å². The number of benzene rings is 2. The maximum atomic E-state index is 13.3. The van der Waals surface area contributed by atoms with Crippen LogP contribution < -0.4 is 9.47 Å². The second kappa shape index (κ2) is 9.48. The molecule has 0 spiro atoms. The third kappa shape index (κ3) is 4.38. The van der Waals surface area contributed by atoms with Gasteiger partial charge in [0, 0.05) is 9.67 Å². The van der Waals surface area contributed by atoms with Gasteiger partial charge in [0.05, 0.1) is 35.8 Å². The summed E-state index contributed by atoms with van der Waals surface area (Å²) in [5.41, 5.74) is 0. The van der Waals surface area contributed by atoms with E-state index in [0.29, 0.717) is 11.5 Å². The SMILES string of the molecule is COc1ccc(S(=O)(=O)OC2C3C(=O)C4C(=O)N(OS(=O)(=O)c5ccc(OC)cc5)C(=O)C4C3C[N+]2=O)cc1. The molecule has 3 aliphatic rings. The first-order valence-corrected chi connectivity index (χ1v) is 14.2. The van der Waals surface area contributed by atoms with Crippen molar-refractivity contribution in [2.75, 3.05) is 20.8 Å². The highest BCUT2D eigenvalue weighted by Crippen LogP contribution is 2.50. The molecule has 39 heavy (non-hydrogen) atoms. The molecule has 1 saturated carbocycles. The molecule has 1 aliphatic carbocycles. The van der Waals surface area contributed by atoms with Gasteiger partial charge in [0.15, 0.2) is 12.3 Å². The Kier molecular flexibility index (Phi) is 6.53. The molecule has 16 heteroatoms. The van der Waals surface area contributed by atoms with Gasteiger partial charge < -0.3 is 9.47 Å². The summed E-state index contributed by atoms with van der Waals surface area (Å²) in [4.78, 5) is 51.4. The zero-order valence-electron chi connectivity index (χ0n) is 20.3. The van der Waals surface area contributed by atoms with Crippen molar-refractivity contribution in [3.8, 4) is 11.5 Å². The largest absolute Gasteiger partial charge is 0.497 e. The first-order chi connectivity index (χ1) is 18.4. The third-order valence-corrected chi connectivity index (χ3v) is 9.44. The van der Waals surface area contributed by atoms with Gasteiger partial charge in [-0.1, -0.05) is 0 Å². The Morgan fingerprint density at radius 1 is 0.769 bits per heavy atom. The number of amides is 2. The van der Waals surface area contributed by atoms with Crippen molar-refractivity contribution in [2.45, 2.75) is 16.0 Å². The molecule has 0 bridgehead atoms. The van der Waals surface area contributed by atoms with Gasteiger partial charge in [-0.05, 0) is 48.5 Å². The quantitative estimate of drug-likeness (QED) is 0.180. The highest BCUT2D eigenvalue weighted by atomic mass is 32.2. The van der Waals surface area contributed by atoms with Gasteiger partial charge in [0.2, 0.25) is 0 Å². The van der Waals surface area contributed by atoms with Crippen LogP contribution in [0.2, 0.25) is 0 Å². The molecular formula is C23H21N2O12S2+. The lowest BCUT2D eigenvalue weighted by molar-refractivity contribution is -0.603. The molecule has 0 N–H and O–H groups in total. The van der Waals surface area contributed by atoms with Crippen LogP contribution in [-0.2, 0) is 43.1 Å². The molecule has 14 nitrogen and oxygen atoms in total. The van der Waals surface area contributed by atoms with E-state index in [-0.39, 0.29) is 19.6 Å². The van der Waals surface area contributed by atoms with E-state index in [1.54, 1.807) is 0 Å². The van der Waals surface area contributed by atoms with Crippen molar-refractivity contribution in [3.63, 3.8) is 0 Å². The molecule has 5 rings (SSSR count). The fourth-order valence-electron chi connectivity index (χ4n) is 5.10. The van der Waals surface area contributed by atoms with Crippen LogP contribution in [0, 0.1) is 28.6 Å². The van der Waals surface area contributed by atoms with Gasteiger partial charge in [0.1, 0.15) is 23.3 Å². The maximum absolute atomic E-state index is 13.3. The van der Waals surface area contributed by atoms with E-state index in [9.17, 15) is 36.1 Å². The highest BCUT2D eigenvalue weighted by molar-refractivity contribution is 7.87. The molecule has 206 valence electrons. The van der Waals surface area contributed by atoms with Gasteiger partial charge in [-0.15, -0.1) is 9.35 Å². The molecule has 2 aromatic rings. The molecule has 5 atom stereocenters. The van der Waals surface area contributed by atoms with E-state index >= 15 is 0 Å². The number of hydroxylamine groups is 2. The Hall–Kier alpha value is -3.73. The first-order valence-electron chi connectivity index (χ1n) is 11.4. The summed E-state index contributed by atoms with van der Waals surface area (Å²) >= 11 is 0. The summed E-state index contributed by atoms with van der Waals surface area (Å²) in [7, 11) is -6.42. The fourth-order valence-corrected chi connectivity index (χ4v) is 7.05. The number of imide groups is 1. The monoisotopic (exact) mass is 581 g/mol. The fraction of sp³-hybridized carbons (Fsp3) is 0.348. The minimum absolute atomic E-state index is 0.0143. The van der Waals surface area contributed by atoms with E-state index in [0.717, 1.165) is 12.1 Å². The minimum Gasteiger partial charge on any atom is -0.497 e. The molecule has 0 aromatic heterocycles. The molecular weight excluding hydrogens is 560 g/mol. The number of ketones is 1. The van der Waals surface area contributed by atoms with E-state index in [4.69, 9.17) is 17.9 Å². The zero-order chi connectivity index (χ0) is 28.3. The smallest absolute Gasteiger partial charge is 0.329 e. The van der Waals surface area contributed by atoms with Crippen molar-refractivity contribution in [2.24, 2.45) is 23.7 Å². The number of ether oxygens (including phenoxy) is 2. The molecule has 5 unspecified atom stereocenters. The number of rotatable bonds is 8. The standard InChI is InChI=1S/C23H21N2O12S2/c1-34-12-3-7-14(8-4-12)38(30,31)36-23-18-16(11-24(23)29)17-19(20(18)26)22(28)25(21(17)27)37-39(32,33)15-9-5-13(35-2)6-10-15/h3-10,16-19,23H,11H2,1-2H3/q+1. The Labute approximate surface area is 222 Å². The van der Waals surface area contributed by atoms with Gasteiger partial charge in [-0.3, -0.25) is 14.4 Å². The summed E-state index contributed by atoms with van der Waals surface area (Å²) in [6.45, 7) is -0.502. The van der Waals surface area contributed by atoms with Gasteiger partial charge in [-0.2, -0.15) is 21.0 Å². The molecule has 2 heterocycles. The first kappa shape index (κ1) is 26.9. The van der Waals surface area contributed by atoms with Crippen molar-refractivity contribution in [1.82, 2.24) is 5.06 Å². The van der Waals surface area contributed by atoms with E-state index < -0.39 is 74.3 Å². The van der Waals surface area contributed by atoms with Crippen molar-refractivity contribution in [1.29, 1.82) is 0 Å². The van der Waals surface area contributed by atoms with Gasteiger partial charge in [-0.25, -0.2) is 0 Å². The number of nitroso groups, excluding NO2 is 1. The predicted octanol–water partition coefficient (Wildman–Crippen LogP) is 0.265. The number of fused-ring (bicyclic) bond motifs is 3. The second-order valence-corrected chi connectivity index (χ2v) is 12.1. The molecule has 0 radical (unpaired) electrons. The Morgan fingerprint density at radius 2 is 1.28 bits per heavy atom. The molecule has 3 fully saturated rings.